The summed E-state index contributed by atoms with van der Waals surface area (Å²) in [5.74, 6) is 0.410. The van der Waals surface area contributed by atoms with Gasteiger partial charge in [0.1, 0.15) is 5.69 Å². The standard InChI is InChI=1S/C14H10N6/c15-8-10-3-1-5-12(7-10)20-14(16)13(18-19-20)11-4-2-6-17-9-11/h1-7,9H,16H2. The molecule has 2 aromatic heterocycles. The number of pyridine rings is 1. The fourth-order valence-corrected chi connectivity index (χ4v) is 1.90. The van der Waals surface area contributed by atoms with Gasteiger partial charge in [-0.2, -0.15) is 9.94 Å². The molecule has 0 radical (unpaired) electrons. The van der Waals surface area contributed by atoms with E-state index in [2.05, 4.69) is 21.4 Å². The van der Waals surface area contributed by atoms with Gasteiger partial charge in [0.2, 0.25) is 0 Å². The Hall–Kier alpha value is -3.20. The summed E-state index contributed by atoms with van der Waals surface area (Å²) >= 11 is 0. The number of rotatable bonds is 2. The molecule has 0 saturated heterocycles. The van der Waals surface area contributed by atoms with Crippen LogP contribution in [0.25, 0.3) is 16.9 Å². The molecule has 2 N–H and O–H groups in total. The molecule has 6 heteroatoms. The molecule has 0 aliphatic heterocycles. The van der Waals surface area contributed by atoms with Crippen LogP contribution in [0.15, 0.2) is 48.8 Å². The zero-order valence-electron chi connectivity index (χ0n) is 10.4. The second kappa shape index (κ2) is 4.82. The van der Waals surface area contributed by atoms with Crippen LogP contribution < -0.4 is 5.73 Å². The monoisotopic (exact) mass is 262 g/mol. The van der Waals surface area contributed by atoms with Crippen LogP contribution >= 0.6 is 0 Å². The molecule has 0 bridgehead atoms. The molecule has 20 heavy (non-hydrogen) atoms. The van der Waals surface area contributed by atoms with Gasteiger partial charge in [0.05, 0.1) is 17.3 Å². The number of nitrogens with zero attached hydrogens (tertiary/aromatic N) is 5. The van der Waals surface area contributed by atoms with E-state index in [1.165, 1.54) is 4.68 Å². The molecule has 6 nitrogen and oxygen atoms in total. The minimum Gasteiger partial charge on any atom is -0.382 e. The number of hydrogen-bond donors (Lipinski definition) is 1. The fourth-order valence-electron chi connectivity index (χ4n) is 1.90. The van der Waals surface area contributed by atoms with Crippen molar-refractivity contribution in [2.45, 2.75) is 0 Å². The van der Waals surface area contributed by atoms with Crippen molar-refractivity contribution in [1.29, 1.82) is 5.26 Å². The number of nitrogen functional groups attached to an aromatic ring is 1. The van der Waals surface area contributed by atoms with E-state index in [1.807, 2.05) is 18.2 Å². The van der Waals surface area contributed by atoms with Crippen LogP contribution in [0.1, 0.15) is 5.56 Å². The van der Waals surface area contributed by atoms with Crippen molar-refractivity contribution >= 4 is 5.82 Å². The van der Waals surface area contributed by atoms with Gasteiger partial charge >= 0.3 is 0 Å². The summed E-state index contributed by atoms with van der Waals surface area (Å²) in [6, 6.07) is 12.8. The van der Waals surface area contributed by atoms with Gasteiger partial charge in [-0.05, 0) is 30.3 Å². The summed E-state index contributed by atoms with van der Waals surface area (Å²) in [6.07, 6.45) is 3.36. The van der Waals surface area contributed by atoms with Gasteiger partial charge in [-0.15, -0.1) is 5.10 Å². The molecule has 0 fully saturated rings. The van der Waals surface area contributed by atoms with Crippen LogP contribution in [0.4, 0.5) is 5.82 Å². The van der Waals surface area contributed by atoms with Gasteiger partial charge < -0.3 is 5.73 Å². The van der Waals surface area contributed by atoms with E-state index in [0.29, 0.717) is 22.8 Å². The molecule has 0 spiro atoms. The maximum absolute atomic E-state index is 8.93. The van der Waals surface area contributed by atoms with Crippen molar-refractivity contribution in [3.8, 4) is 23.0 Å². The average Bonchev–Trinajstić information content (AvgIpc) is 2.90. The van der Waals surface area contributed by atoms with E-state index in [9.17, 15) is 0 Å². The SMILES string of the molecule is N#Cc1cccc(-n2nnc(-c3cccnc3)c2N)c1. The first-order valence-corrected chi connectivity index (χ1v) is 5.91. The third-order valence-electron chi connectivity index (χ3n) is 2.86. The second-order valence-electron chi connectivity index (χ2n) is 4.14. The Morgan fingerprint density at radius 1 is 1.20 bits per heavy atom. The molecule has 2 heterocycles. The van der Waals surface area contributed by atoms with Crippen molar-refractivity contribution in [2.24, 2.45) is 0 Å². The Balaban J connectivity index is 2.09. The maximum Gasteiger partial charge on any atom is 0.155 e. The zero-order chi connectivity index (χ0) is 13.9. The molecular weight excluding hydrogens is 252 g/mol. The molecule has 0 aliphatic carbocycles. The Bertz CT molecular complexity index is 785. The van der Waals surface area contributed by atoms with E-state index in [1.54, 1.807) is 30.6 Å². The summed E-state index contributed by atoms with van der Waals surface area (Å²) < 4.78 is 1.50. The first-order valence-electron chi connectivity index (χ1n) is 5.91. The molecule has 0 amide bonds. The van der Waals surface area contributed by atoms with E-state index in [0.717, 1.165) is 5.56 Å². The number of hydrogen-bond acceptors (Lipinski definition) is 5. The normalized spacial score (nSPS) is 10.2. The van der Waals surface area contributed by atoms with Crippen molar-refractivity contribution < 1.29 is 0 Å². The van der Waals surface area contributed by atoms with E-state index in [4.69, 9.17) is 11.0 Å². The largest absolute Gasteiger partial charge is 0.382 e. The Morgan fingerprint density at radius 2 is 2.10 bits per heavy atom. The lowest BCUT2D eigenvalue weighted by Crippen LogP contribution is -2.02. The van der Waals surface area contributed by atoms with Crippen LogP contribution in [0.5, 0.6) is 0 Å². The van der Waals surface area contributed by atoms with Crippen molar-refractivity contribution in [2.75, 3.05) is 5.73 Å². The number of nitriles is 1. The summed E-state index contributed by atoms with van der Waals surface area (Å²) in [5, 5.41) is 17.1. The van der Waals surface area contributed by atoms with Gasteiger partial charge in [0, 0.05) is 18.0 Å². The highest BCUT2D eigenvalue weighted by molar-refractivity contribution is 5.70. The fraction of sp³-hybridized carbons (Fsp3) is 0. The topological polar surface area (TPSA) is 93.4 Å². The number of nitrogens with two attached hydrogens (primary N) is 1. The first kappa shape index (κ1) is 11.9. The van der Waals surface area contributed by atoms with Crippen molar-refractivity contribution in [1.82, 2.24) is 20.0 Å². The quantitative estimate of drug-likeness (QED) is 0.759. The highest BCUT2D eigenvalue weighted by Crippen LogP contribution is 2.24. The molecule has 0 atom stereocenters. The van der Waals surface area contributed by atoms with Gasteiger partial charge in [0.15, 0.2) is 5.82 Å². The molecule has 3 aromatic rings. The van der Waals surface area contributed by atoms with Crippen LogP contribution in [0, 0.1) is 11.3 Å². The molecule has 0 saturated carbocycles. The van der Waals surface area contributed by atoms with Gasteiger partial charge in [-0.3, -0.25) is 4.98 Å². The second-order valence-corrected chi connectivity index (χ2v) is 4.14. The predicted molar refractivity (Wildman–Crippen MR) is 73.7 cm³/mol. The third kappa shape index (κ3) is 1.97. The van der Waals surface area contributed by atoms with E-state index >= 15 is 0 Å². The molecular formula is C14H10N6. The number of benzene rings is 1. The highest BCUT2D eigenvalue weighted by Gasteiger charge is 2.13. The first-order chi connectivity index (χ1) is 9.79. The predicted octanol–water partition coefficient (Wildman–Crippen LogP) is 1.78. The van der Waals surface area contributed by atoms with Crippen molar-refractivity contribution in [3.05, 3.63) is 54.4 Å². The lowest BCUT2D eigenvalue weighted by molar-refractivity contribution is 0.810. The Morgan fingerprint density at radius 3 is 2.85 bits per heavy atom. The summed E-state index contributed by atoms with van der Waals surface area (Å²) in [5.41, 5.74) is 8.70. The van der Waals surface area contributed by atoms with E-state index < -0.39 is 0 Å². The minimum absolute atomic E-state index is 0.410. The van der Waals surface area contributed by atoms with Crippen LogP contribution in [-0.2, 0) is 0 Å². The van der Waals surface area contributed by atoms with E-state index in [-0.39, 0.29) is 0 Å². The molecule has 1 aromatic carbocycles. The Labute approximate surface area is 115 Å². The van der Waals surface area contributed by atoms with Gasteiger partial charge in [-0.25, -0.2) is 0 Å². The molecule has 0 unspecified atom stereocenters. The lowest BCUT2D eigenvalue weighted by Gasteiger charge is -2.03. The summed E-state index contributed by atoms with van der Waals surface area (Å²) in [4.78, 5) is 4.04. The van der Waals surface area contributed by atoms with Crippen LogP contribution in [0.2, 0.25) is 0 Å². The smallest absolute Gasteiger partial charge is 0.155 e. The third-order valence-corrected chi connectivity index (χ3v) is 2.86. The Kier molecular flexibility index (Phi) is 2.86. The zero-order valence-corrected chi connectivity index (χ0v) is 10.4. The van der Waals surface area contributed by atoms with Crippen LogP contribution in [0.3, 0.4) is 0 Å². The highest BCUT2D eigenvalue weighted by atomic mass is 15.5. The van der Waals surface area contributed by atoms with Crippen molar-refractivity contribution in [3.63, 3.8) is 0 Å². The molecule has 96 valence electrons. The summed E-state index contributed by atoms with van der Waals surface area (Å²) in [7, 11) is 0. The number of anilines is 1. The molecule has 0 aliphatic rings. The molecule has 3 rings (SSSR count). The average molecular weight is 262 g/mol. The number of aromatic nitrogens is 4. The summed E-state index contributed by atoms with van der Waals surface area (Å²) in [6.45, 7) is 0. The van der Waals surface area contributed by atoms with Gasteiger partial charge in [-0.1, -0.05) is 11.3 Å². The minimum atomic E-state index is 0.410. The lowest BCUT2D eigenvalue weighted by atomic mass is 10.2. The maximum atomic E-state index is 8.93. The van der Waals surface area contributed by atoms with Crippen LogP contribution in [-0.4, -0.2) is 20.0 Å². The van der Waals surface area contributed by atoms with Gasteiger partial charge in [0.25, 0.3) is 0 Å².